The van der Waals surface area contributed by atoms with Gasteiger partial charge in [-0.2, -0.15) is 0 Å². The maximum Gasteiger partial charge on any atom is 0.164 e. The molecule has 7 nitrogen and oxygen atoms in total. The smallest absolute Gasteiger partial charge is 0.164 e. The number of rotatable bonds is 6. The molecule has 0 aliphatic carbocycles. The summed E-state index contributed by atoms with van der Waals surface area (Å²) in [4.78, 5) is 15.8. The number of fused-ring (bicyclic) bond motifs is 12. The molecule has 0 fully saturated rings. The van der Waals surface area contributed by atoms with Crippen LogP contribution < -0.4 is 0 Å². The van der Waals surface area contributed by atoms with Gasteiger partial charge in [-0.05, 0) is 90.0 Å². The number of hydrogen-bond donors (Lipinski definition) is 0. The lowest BCUT2D eigenvalue weighted by molar-refractivity contribution is 0.668. The third-order valence-corrected chi connectivity index (χ3v) is 14.0. The van der Waals surface area contributed by atoms with Gasteiger partial charge in [-0.3, -0.25) is 0 Å². The molecule has 0 saturated heterocycles. The summed E-state index contributed by atoms with van der Waals surface area (Å²) in [6.07, 6.45) is 0. The molecule has 15 rings (SSSR count). The lowest BCUT2D eigenvalue weighted by Crippen LogP contribution is -2.00. The first-order chi connectivity index (χ1) is 34.7. The van der Waals surface area contributed by atoms with E-state index in [1.807, 2.05) is 54.6 Å². The van der Waals surface area contributed by atoms with Crippen LogP contribution in [0.3, 0.4) is 0 Å². The van der Waals surface area contributed by atoms with Crippen molar-refractivity contribution in [1.82, 2.24) is 24.1 Å². The number of aromatic nitrogens is 5. The van der Waals surface area contributed by atoms with Gasteiger partial charge < -0.3 is 18.0 Å². The van der Waals surface area contributed by atoms with E-state index in [2.05, 4.69) is 179 Å². The molecular weight excluding hydrogens is 859 g/mol. The fraction of sp³-hybridized carbons (Fsp3) is 0. The van der Waals surface area contributed by atoms with Crippen molar-refractivity contribution >= 4 is 87.5 Å². The van der Waals surface area contributed by atoms with E-state index in [1.54, 1.807) is 0 Å². The molecule has 0 unspecified atom stereocenters. The van der Waals surface area contributed by atoms with Crippen molar-refractivity contribution in [3.8, 4) is 56.7 Å². The fourth-order valence-corrected chi connectivity index (χ4v) is 10.9. The maximum atomic E-state index is 6.70. The summed E-state index contributed by atoms with van der Waals surface area (Å²) in [7, 11) is 0. The third kappa shape index (κ3) is 5.79. The van der Waals surface area contributed by atoms with E-state index < -0.39 is 0 Å². The van der Waals surface area contributed by atoms with E-state index in [4.69, 9.17) is 23.8 Å². The SMILES string of the molecule is c1ccc(-c2nc(-c3ccc4c(c3)c3ccccc3n4-c3ccccc3)nc(-c3cccc4oc5ccc(-c6cc(-n7c8ccccc8c8ccccc87)cc7oc8ccccc8c67)cc5c34)n2)cc1. The number of furan rings is 2. The summed E-state index contributed by atoms with van der Waals surface area (Å²) in [5, 5.41) is 8.71. The van der Waals surface area contributed by atoms with Crippen molar-refractivity contribution in [1.29, 1.82) is 0 Å². The summed E-state index contributed by atoms with van der Waals surface area (Å²) in [5.74, 6) is 1.74. The molecular formula is C63H37N5O2. The summed E-state index contributed by atoms with van der Waals surface area (Å²) >= 11 is 0. The third-order valence-electron chi connectivity index (χ3n) is 14.0. The second-order valence-electron chi connectivity index (χ2n) is 17.9. The molecule has 0 atom stereocenters. The number of nitrogens with zero attached hydrogens (tertiary/aromatic N) is 5. The zero-order valence-corrected chi connectivity index (χ0v) is 37.4. The Morgan fingerprint density at radius 2 is 0.786 bits per heavy atom. The highest BCUT2D eigenvalue weighted by atomic mass is 16.3. The van der Waals surface area contributed by atoms with Crippen LogP contribution in [0.5, 0.6) is 0 Å². The molecule has 0 aliphatic rings. The van der Waals surface area contributed by atoms with Gasteiger partial charge in [-0.25, -0.2) is 15.0 Å². The average molecular weight is 896 g/mol. The van der Waals surface area contributed by atoms with Gasteiger partial charge in [0.2, 0.25) is 0 Å². The predicted octanol–water partition coefficient (Wildman–Crippen LogP) is 16.5. The predicted molar refractivity (Wildman–Crippen MR) is 285 cm³/mol. The Bertz CT molecular complexity index is 4540. The minimum atomic E-state index is 0.561. The zero-order valence-electron chi connectivity index (χ0n) is 37.4. The largest absolute Gasteiger partial charge is 0.456 e. The first-order valence-electron chi connectivity index (χ1n) is 23.5. The van der Waals surface area contributed by atoms with E-state index in [1.165, 1.54) is 10.8 Å². The summed E-state index contributed by atoms with van der Waals surface area (Å²) < 4.78 is 18.1. The molecule has 326 valence electrons. The van der Waals surface area contributed by atoms with Gasteiger partial charge in [-0.1, -0.05) is 140 Å². The molecule has 0 amide bonds. The van der Waals surface area contributed by atoms with Crippen molar-refractivity contribution in [2.75, 3.05) is 0 Å². The van der Waals surface area contributed by atoms with E-state index in [-0.39, 0.29) is 0 Å². The van der Waals surface area contributed by atoms with Crippen molar-refractivity contribution < 1.29 is 8.83 Å². The van der Waals surface area contributed by atoms with Crippen LogP contribution in [0.15, 0.2) is 233 Å². The van der Waals surface area contributed by atoms with Gasteiger partial charge in [-0.15, -0.1) is 0 Å². The molecule has 0 bridgehead atoms. The first-order valence-corrected chi connectivity index (χ1v) is 23.5. The average Bonchev–Trinajstić information content (AvgIpc) is 4.18. The molecule has 5 heterocycles. The molecule has 7 heteroatoms. The van der Waals surface area contributed by atoms with Gasteiger partial charge in [0.25, 0.3) is 0 Å². The molecule has 5 aromatic heterocycles. The fourth-order valence-electron chi connectivity index (χ4n) is 10.9. The second-order valence-corrected chi connectivity index (χ2v) is 17.9. The van der Waals surface area contributed by atoms with Crippen molar-refractivity contribution in [3.63, 3.8) is 0 Å². The Labute approximate surface area is 399 Å². The molecule has 0 N–H and O–H groups in total. The van der Waals surface area contributed by atoms with E-state index in [0.717, 1.165) is 116 Å². The van der Waals surface area contributed by atoms with Crippen LogP contribution in [0, 0.1) is 0 Å². The monoisotopic (exact) mass is 895 g/mol. The molecule has 70 heavy (non-hydrogen) atoms. The van der Waals surface area contributed by atoms with Gasteiger partial charge >= 0.3 is 0 Å². The summed E-state index contributed by atoms with van der Waals surface area (Å²) in [5.41, 5.74) is 14.6. The molecule has 10 aromatic carbocycles. The molecule has 0 aliphatic heterocycles. The minimum absolute atomic E-state index is 0.561. The van der Waals surface area contributed by atoms with Crippen molar-refractivity contribution in [3.05, 3.63) is 224 Å². The van der Waals surface area contributed by atoms with Crippen molar-refractivity contribution in [2.45, 2.75) is 0 Å². The Morgan fingerprint density at radius 3 is 1.53 bits per heavy atom. The van der Waals surface area contributed by atoms with Crippen LogP contribution in [-0.4, -0.2) is 24.1 Å². The van der Waals surface area contributed by atoms with Crippen molar-refractivity contribution in [2.24, 2.45) is 0 Å². The van der Waals surface area contributed by atoms with Gasteiger partial charge in [0.1, 0.15) is 22.3 Å². The summed E-state index contributed by atoms with van der Waals surface area (Å²) in [6, 6.07) is 78.4. The van der Waals surface area contributed by atoms with E-state index in [0.29, 0.717) is 17.5 Å². The molecule has 0 radical (unpaired) electrons. The van der Waals surface area contributed by atoms with Crippen LogP contribution in [-0.2, 0) is 0 Å². The number of para-hydroxylation sites is 5. The van der Waals surface area contributed by atoms with Gasteiger partial charge in [0.15, 0.2) is 17.5 Å². The zero-order chi connectivity index (χ0) is 45.9. The Kier molecular flexibility index (Phi) is 8.23. The lowest BCUT2D eigenvalue weighted by atomic mass is 9.96. The van der Waals surface area contributed by atoms with E-state index >= 15 is 0 Å². The van der Waals surface area contributed by atoms with Gasteiger partial charge in [0.05, 0.1) is 27.8 Å². The number of hydrogen-bond acceptors (Lipinski definition) is 5. The topological polar surface area (TPSA) is 74.8 Å². The molecule has 0 spiro atoms. The normalized spacial score (nSPS) is 12.0. The lowest BCUT2D eigenvalue weighted by Gasteiger charge is -2.12. The van der Waals surface area contributed by atoms with Gasteiger partial charge in [0, 0.05) is 71.5 Å². The quantitative estimate of drug-likeness (QED) is 0.166. The second kappa shape index (κ2) is 15.0. The van der Waals surface area contributed by atoms with Crippen LogP contribution >= 0.6 is 0 Å². The van der Waals surface area contributed by atoms with Crippen LogP contribution in [0.1, 0.15) is 0 Å². The minimum Gasteiger partial charge on any atom is -0.456 e. The van der Waals surface area contributed by atoms with Crippen LogP contribution in [0.4, 0.5) is 0 Å². The van der Waals surface area contributed by atoms with Crippen LogP contribution in [0.25, 0.3) is 144 Å². The highest BCUT2D eigenvalue weighted by Crippen LogP contribution is 2.44. The van der Waals surface area contributed by atoms with Crippen LogP contribution in [0.2, 0.25) is 0 Å². The maximum absolute atomic E-state index is 6.70. The molecule has 15 aromatic rings. The molecule has 0 saturated carbocycles. The Balaban J connectivity index is 0.947. The standard InChI is InChI=1S/C63H37N5O2/c1-3-16-38(17-4-1)61-64-62(40-30-32-54-49(35-40)45-22-9-13-27-53(45)67(54)41-18-5-2-6-19-41)66-63(65-61)47-24-15-29-57-60(47)50-34-39(31-33-56(50)69-57)48-36-42(37-58-59(48)46-23-10-14-28-55(46)70-58)68-51-25-11-7-20-43(51)44-21-8-12-26-52(44)68/h1-37H. The highest BCUT2D eigenvalue weighted by molar-refractivity contribution is 6.17. The Morgan fingerprint density at radius 1 is 0.271 bits per heavy atom. The summed E-state index contributed by atoms with van der Waals surface area (Å²) in [6.45, 7) is 0. The first kappa shape index (κ1) is 38.5. The highest BCUT2D eigenvalue weighted by Gasteiger charge is 2.22. The van der Waals surface area contributed by atoms with E-state index in [9.17, 15) is 0 Å². The Hall–Kier alpha value is -9.59. The number of benzene rings is 10.